The number of aromatic nitrogens is 2. The number of para-hydroxylation sites is 2. The van der Waals surface area contributed by atoms with Crippen molar-refractivity contribution in [3.05, 3.63) is 30.5 Å². The van der Waals surface area contributed by atoms with E-state index in [0.717, 1.165) is 36.4 Å². The van der Waals surface area contributed by atoms with Gasteiger partial charge in [-0.25, -0.2) is 4.98 Å². The lowest BCUT2D eigenvalue weighted by atomic mass is 10.2. The van der Waals surface area contributed by atoms with Crippen molar-refractivity contribution in [1.82, 2.24) is 15.3 Å². The fraction of sp³-hybridized carbons (Fsp3) is 0.333. The van der Waals surface area contributed by atoms with Gasteiger partial charge in [0.2, 0.25) is 0 Å². The number of benzene rings is 1. The molecule has 2 aromatic rings. The largest absolute Gasteiger partial charge is 0.365 e. The summed E-state index contributed by atoms with van der Waals surface area (Å²) in [4.78, 5) is 8.92. The van der Waals surface area contributed by atoms with Gasteiger partial charge in [-0.3, -0.25) is 4.98 Å². The molecule has 3 rings (SSSR count). The molecule has 0 unspecified atom stereocenters. The zero-order valence-corrected chi connectivity index (χ0v) is 10.2. The van der Waals surface area contributed by atoms with Crippen LogP contribution in [0.25, 0.3) is 11.0 Å². The summed E-state index contributed by atoms with van der Waals surface area (Å²) in [5, 5.41) is 6.72. The van der Waals surface area contributed by atoms with Gasteiger partial charge in [0.05, 0.1) is 17.2 Å². The number of nitrogens with zero attached hydrogens (tertiary/aromatic N) is 2. The number of hydrogen-bond donors (Lipinski definition) is 2. The molecule has 1 aliphatic heterocycles. The van der Waals surface area contributed by atoms with Gasteiger partial charge < -0.3 is 10.6 Å². The minimum absolute atomic E-state index is 0. The molecule has 5 heteroatoms. The Morgan fingerprint density at radius 3 is 2.82 bits per heavy atom. The van der Waals surface area contributed by atoms with Crippen molar-refractivity contribution in [2.24, 2.45) is 0 Å². The van der Waals surface area contributed by atoms with Gasteiger partial charge in [0.1, 0.15) is 5.82 Å². The zero-order chi connectivity index (χ0) is 10.8. The maximum absolute atomic E-state index is 4.54. The third-order valence-corrected chi connectivity index (χ3v) is 2.86. The Balaban J connectivity index is 0.00000108. The van der Waals surface area contributed by atoms with Crippen LogP contribution in [0.2, 0.25) is 0 Å². The summed E-state index contributed by atoms with van der Waals surface area (Å²) in [6.45, 7) is 2.09. The summed E-state index contributed by atoms with van der Waals surface area (Å²) in [5.41, 5.74) is 1.89. The molecule has 1 aromatic carbocycles. The molecule has 2 heterocycles. The quantitative estimate of drug-likeness (QED) is 0.854. The van der Waals surface area contributed by atoms with E-state index in [1.807, 2.05) is 24.3 Å². The van der Waals surface area contributed by atoms with E-state index in [4.69, 9.17) is 0 Å². The van der Waals surface area contributed by atoms with Crippen molar-refractivity contribution >= 4 is 29.3 Å². The Kier molecular flexibility index (Phi) is 3.76. The Morgan fingerprint density at radius 2 is 2.06 bits per heavy atom. The van der Waals surface area contributed by atoms with E-state index >= 15 is 0 Å². The molecular weight excluding hydrogens is 236 g/mol. The lowest BCUT2D eigenvalue weighted by Crippen LogP contribution is -2.22. The van der Waals surface area contributed by atoms with E-state index in [0.29, 0.717) is 6.04 Å². The lowest BCUT2D eigenvalue weighted by Gasteiger charge is -2.11. The summed E-state index contributed by atoms with van der Waals surface area (Å²) in [6, 6.07) is 8.41. The van der Waals surface area contributed by atoms with E-state index < -0.39 is 0 Å². The van der Waals surface area contributed by atoms with Gasteiger partial charge in [-0.15, -0.1) is 12.4 Å². The second kappa shape index (κ2) is 5.29. The van der Waals surface area contributed by atoms with Gasteiger partial charge in [-0.05, 0) is 25.1 Å². The SMILES string of the molecule is Cl.c1ccc2nc(N[C@H]3CCNC3)cnc2c1. The van der Waals surface area contributed by atoms with E-state index in [9.17, 15) is 0 Å². The van der Waals surface area contributed by atoms with E-state index in [1.54, 1.807) is 6.20 Å². The topological polar surface area (TPSA) is 49.8 Å². The van der Waals surface area contributed by atoms with Gasteiger partial charge in [-0.2, -0.15) is 0 Å². The van der Waals surface area contributed by atoms with E-state index in [-0.39, 0.29) is 12.4 Å². The Morgan fingerprint density at radius 1 is 1.24 bits per heavy atom. The predicted octanol–water partition coefficient (Wildman–Crippen LogP) is 1.83. The van der Waals surface area contributed by atoms with Crippen LogP contribution in [0.1, 0.15) is 6.42 Å². The van der Waals surface area contributed by atoms with Crippen LogP contribution in [0, 0.1) is 0 Å². The highest BCUT2D eigenvalue weighted by Crippen LogP contribution is 2.13. The molecule has 0 radical (unpaired) electrons. The number of halogens is 1. The maximum Gasteiger partial charge on any atom is 0.145 e. The first-order valence-corrected chi connectivity index (χ1v) is 5.61. The van der Waals surface area contributed by atoms with Crippen molar-refractivity contribution < 1.29 is 0 Å². The number of anilines is 1. The summed E-state index contributed by atoms with van der Waals surface area (Å²) >= 11 is 0. The maximum atomic E-state index is 4.54. The average Bonchev–Trinajstić information content (AvgIpc) is 2.82. The molecule has 0 spiro atoms. The highest BCUT2D eigenvalue weighted by molar-refractivity contribution is 5.85. The Hall–Kier alpha value is -1.39. The van der Waals surface area contributed by atoms with Crippen LogP contribution in [0.3, 0.4) is 0 Å². The first-order chi connectivity index (χ1) is 7.92. The molecule has 0 aliphatic carbocycles. The smallest absolute Gasteiger partial charge is 0.145 e. The molecule has 1 saturated heterocycles. The first kappa shape index (κ1) is 12.1. The summed E-state index contributed by atoms with van der Waals surface area (Å²) in [7, 11) is 0. The third kappa shape index (κ3) is 2.65. The fourth-order valence-corrected chi connectivity index (χ4v) is 2.01. The third-order valence-electron chi connectivity index (χ3n) is 2.86. The average molecular weight is 251 g/mol. The van der Waals surface area contributed by atoms with Crippen LogP contribution >= 0.6 is 12.4 Å². The molecule has 4 nitrogen and oxygen atoms in total. The fourth-order valence-electron chi connectivity index (χ4n) is 2.01. The Bertz CT molecular complexity index is 497. The van der Waals surface area contributed by atoms with Crippen LogP contribution in [0.4, 0.5) is 5.82 Å². The summed E-state index contributed by atoms with van der Waals surface area (Å²) in [5.74, 6) is 0.868. The van der Waals surface area contributed by atoms with Crippen molar-refractivity contribution in [2.75, 3.05) is 18.4 Å². The van der Waals surface area contributed by atoms with Crippen molar-refractivity contribution in [2.45, 2.75) is 12.5 Å². The van der Waals surface area contributed by atoms with Gasteiger partial charge in [0.15, 0.2) is 0 Å². The monoisotopic (exact) mass is 250 g/mol. The summed E-state index contributed by atoms with van der Waals surface area (Å²) < 4.78 is 0. The molecule has 2 N–H and O–H groups in total. The number of nitrogens with one attached hydrogen (secondary N) is 2. The normalized spacial score (nSPS) is 18.9. The van der Waals surface area contributed by atoms with Crippen molar-refractivity contribution in [3.8, 4) is 0 Å². The molecule has 1 fully saturated rings. The molecule has 0 bridgehead atoms. The van der Waals surface area contributed by atoms with E-state index in [1.165, 1.54) is 0 Å². The van der Waals surface area contributed by atoms with Crippen LogP contribution in [-0.2, 0) is 0 Å². The standard InChI is InChI=1S/C12H14N4.ClH/c1-2-4-11-10(3-1)14-8-12(16-11)15-9-5-6-13-7-9;/h1-4,8-9,13H,5-7H2,(H,15,16);1H/t9-;/m0./s1. The minimum atomic E-state index is 0. The second-order valence-electron chi connectivity index (χ2n) is 4.08. The van der Waals surface area contributed by atoms with Crippen LogP contribution in [-0.4, -0.2) is 29.1 Å². The molecule has 17 heavy (non-hydrogen) atoms. The highest BCUT2D eigenvalue weighted by atomic mass is 35.5. The number of hydrogen-bond acceptors (Lipinski definition) is 4. The van der Waals surface area contributed by atoms with Gasteiger partial charge >= 0.3 is 0 Å². The highest BCUT2D eigenvalue weighted by Gasteiger charge is 2.14. The van der Waals surface area contributed by atoms with E-state index in [2.05, 4.69) is 20.6 Å². The molecular formula is C12H15ClN4. The number of fused-ring (bicyclic) bond motifs is 1. The molecule has 1 atom stereocenters. The molecule has 0 amide bonds. The first-order valence-electron chi connectivity index (χ1n) is 5.61. The summed E-state index contributed by atoms with van der Waals surface area (Å²) in [6.07, 6.45) is 2.95. The lowest BCUT2D eigenvalue weighted by molar-refractivity contribution is 0.788. The predicted molar refractivity (Wildman–Crippen MR) is 71.7 cm³/mol. The molecule has 1 aromatic heterocycles. The minimum Gasteiger partial charge on any atom is -0.365 e. The van der Waals surface area contributed by atoms with Crippen molar-refractivity contribution in [3.63, 3.8) is 0 Å². The van der Waals surface area contributed by atoms with Gasteiger partial charge in [0.25, 0.3) is 0 Å². The molecule has 0 saturated carbocycles. The zero-order valence-electron chi connectivity index (χ0n) is 9.39. The Labute approximate surface area is 106 Å². The van der Waals surface area contributed by atoms with Crippen LogP contribution in [0.5, 0.6) is 0 Å². The van der Waals surface area contributed by atoms with Gasteiger partial charge in [0, 0.05) is 12.6 Å². The van der Waals surface area contributed by atoms with Crippen LogP contribution in [0.15, 0.2) is 30.5 Å². The second-order valence-corrected chi connectivity index (χ2v) is 4.08. The number of rotatable bonds is 2. The molecule has 1 aliphatic rings. The van der Waals surface area contributed by atoms with Crippen molar-refractivity contribution in [1.29, 1.82) is 0 Å². The van der Waals surface area contributed by atoms with Crippen LogP contribution < -0.4 is 10.6 Å². The molecule has 90 valence electrons. The van der Waals surface area contributed by atoms with Gasteiger partial charge in [-0.1, -0.05) is 12.1 Å².